The van der Waals surface area contributed by atoms with Gasteiger partial charge in [0.05, 0.1) is 0 Å². The first-order valence-corrected chi connectivity index (χ1v) is 6.32. The van der Waals surface area contributed by atoms with Crippen LogP contribution in [0.15, 0.2) is 12.1 Å². The SMILES string of the molecule is CNCC1(c2cc(F)c(C)cc2Cl)CC1(C)C. The predicted octanol–water partition coefficient (Wildman–Crippen LogP) is 3.67. The molecule has 2 rings (SSSR count). The third kappa shape index (κ3) is 1.88. The molecule has 1 aliphatic carbocycles. The van der Waals surface area contributed by atoms with Crippen molar-refractivity contribution in [3.63, 3.8) is 0 Å². The molecule has 0 aliphatic heterocycles. The standard InChI is InChI=1S/C14H19ClFN/c1-9-5-11(15)10(6-12(9)16)14(8-17-4)7-13(14,2)3/h5-6,17H,7-8H2,1-4H3. The van der Waals surface area contributed by atoms with Gasteiger partial charge in [0.25, 0.3) is 0 Å². The van der Waals surface area contributed by atoms with E-state index in [1.807, 2.05) is 7.05 Å². The lowest BCUT2D eigenvalue weighted by atomic mass is 9.87. The first kappa shape index (κ1) is 12.8. The van der Waals surface area contributed by atoms with Crippen LogP contribution in [-0.2, 0) is 5.41 Å². The lowest BCUT2D eigenvalue weighted by Gasteiger charge is -2.22. The molecule has 0 heterocycles. The summed E-state index contributed by atoms with van der Waals surface area (Å²) in [6, 6.07) is 3.35. The minimum absolute atomic E-state index is 0.0205. The zero-order valence-electron chi connectivity index (χ0n) is 10.8. The van der Waals surface area contributed by atoms with Crippen molar-refractivity contribution in [2.45, 2.75) is 32.6 Å². The molecule has 0 saturated heterocycles. The molecule has 0 amide bonds. The van der Waals surface area contributed by atoms with Gasteiger partial charge in [-0.2, -0.15) is 0 Å². The van der Waals surface area contributed by atoms with E-state index in [-0.39, 0.29) is 16.6 Å². The Morgan fingerprint density at radius 3 is 2.47 bits per heavy atom. The number of hydrogen-bond acceptors (Lipinski definition) is 1. The first-order chi connectivity index (χ1) is 7.84. The molecule has 0 aromatic heterocycles. The summed E-state index contributed by atoms with van der Waals surface area (Å²) < 4.78 is 13.7. The first-order valence-electron chi connectivity index (χ1n) is 5.95. The average molecular weight is 256 g/mol. The van der Waals surface area contributed by atoms with Crippen LogP contribution in [-0.4, -0.2) is 13.6 Å². The second-order valence-electron chi connectivity index (χ2n) is 5.75. The van der Waals surface area contributed by atoms with Crippen molar-refractivity contribution >= 4 is 11.6 Å². The van der Waals surface area contributed by atoms with Crippen molar-refractivity contribution in [1.82, 2.24) is 5.32 Å². The number of halogens is 2. The van der Waals surface area contributed by atoms with E-state index < -0.39 is 0 Å². The summed E-state index contributed by atoms with van der Waals surface area (Å²) in [6.45, 7) is 6.99. The van der Waals surface area contributed by atoms with Crippen LogP contribution in [0.4, 0.5) is 4.39 Å². The zero-order chi connectivity index (χ0) is 12.8. The van der Waals surface area contributed by atoms with Crippen molar-refractivity contribution < 1.29 is 4.39 Å². The highest BCUT2D eigenvalue weighted by Crippen LogP contribution is 2.65. The van der Waals surface area contributed by atoms with Gasteiger partial charge in [-0.25, -0.2) is 4.39 Å². The minimum Gasteiger partial charge on any atom is -0.319 e. The van der Waals surface area contributed by atoms with E-state index in [1.54, 1.807) is 19.1 Å². The van der Waals surface area contributed by atoms with Gasteiger partial charge in [-0.1, -0.05) is 25.4 Å². The maximum absolute atomic E-state index is 13.7. The molecule has 1 nitrogen and oxygen atoms in total. The van der Waals surface area contributed by atoms with Crippen LogP contribution in [0.3, 0.4) is 0 Å². The second kappa shape index (κ2) is 3.96. The number of likely N-dealkylation sites (N-methyl/N-ethyl adjacent to an activating group) is 1. The number of aryl methyl sites for hydroxylation is 1. The summed E-state index contributed by atoms with van der Waals surface area (Å²) in [5.74, 6) is -0.164. The lowest BCUT2D eigenvalue weighted by molar-refractivity contribution is 0.473. The summed E-state index contributed by atoms with van der Waals surface area (Å²) in [6.07, 6.45) is 1.04. The number of hydrogen-bond donors (Lipinski definition) is 1. The highest BCUT2D eigenvalue weighted by molar-refractivity contribution is 6.31. The summed E-state index contributed by atoms with van der Waals surface area (Å²) in [4.78, 5) is 0. The van der Waals surface area contributed by atoms with Crippen molar-refractivity contribution in [2.75, 3.05) is 13.6 Å². The summed E-state index contributed by atoms with van der Waals surface area (Å²) >= 11 is 6.29. The topological polar surface area (TPSA) is 12.0 Å². The molecular formula is C14H19ClFN. The molecule has 1 saturated carbocycles. The van der Waals surface area contributed by atoms with Gasteiger partial charge in [0.1, 0.15) is 5.82 Å². The average Bonchev–Trinajstić information content (AvgIpc) is 2.76. The van der Waals surface area contributed by atoms with Crippen molar-refractivity contribution in [3.8, 4) is 0 Å². The van der Waals surface area contributed by atoms with Crippen molar-refractivity contribution in [1.29, 1.82) is 0 Å². The summed E-state index contributed by atoms with van der Waals surface area (Å²) in [7, 11) is 1.93. The molecule has 0 bridgehead atoms. The van der Waals surface area contributed by atoms with E-state index in [0.29, 0.717) is 10.6 Å². The molecule has 94 valence electrons. The maximum atomic E-state index is 13.7. The van der Waals surface area contributed by atoms with Gasteiger partial charge in [0, 0.05) is 17.0 Å². The molecule has 1 aromatic carbocycles. The van der Waals surface area contributed by atoms with E-state index >= 15 is 0 Å². The van der Waals surface area contributed by atoms with Crippen LogP contribution in [0.1, 0.15) is 31.4 Å². The molecule has 1 aliphatic rings. The highest BCUT2D eigenvalue weighted by atomic mass is 35.5. The third-order valence-electron chi connectivity index (χ3n) is 4.16. The number of nitrogens with one attached hydrogen (secondary N) is 1. The smallest absolute Gasteiger partial charge is 0.126 e. The quantitative estimate of drug-likeness (QED) is 0.869. The Labute approximate surface area is 107 Å². The molecular weight excluding hydrogens is 237 g/mol. The monoisotopic (exact) mass is 255 g/mol. The zero-order valence-corrected chi connectivity index (χ0v) is 11.6. The van der Waals surface area contributed by atoms with Crippen molar-refractivity contribution in [3.05, 3.63) is 34.1 Å². The Kier molecular flexibility index (Phi) is 2.99. The van der Waals surface area contributed by atoms with Crippen LogP contribution in [0, 0.1) is 18.2 Å². The van der Waals surface area contributed by atoms with Crippen LogP contribution in [0.5, 0.6) is 0 Å². The Bertz CT molecular complexity index is 456. The number of benzene rings is 1. The molecule has 17 heavy (non-hydrogen) atoms. The van der Waals surface area contributed by atoms with E-state index in [1.165, 1.54) is 0 Å². The van der Waals surface area contributed by atoms with Crippen LogP contribution >= 0.6 is 11.6 Å². The highest BCUT2D eigenvalue weighted by Gasteiger charge is 2.62. The minimum atomic E-state index is -0.164. The fraction of sp³-hybridized carbons (Fsp3) is 0.571. The van der Waals surface area contributed by atoms with E-state index in [2.05, 4.69) is 19.2 Å². The lowest BCUT2D eigenvalue weighted by Crippen LogP contribution is -2.28. The van der Waals surface area contributed by atoms with Crippen LogP contribution in [0.25, 0.3) is 0 Å². The van der Waals surface area contributed by atoms with E-state index in [4.69, 9.17) is 11.6 Å². The Morgan fingerprint density at radius 1 is 1.41 bits per heavy atom. The van der Waals surface area contributed by atoms with Crippen LogP contribution in [0.2, 0.25) is 5.02 Å². The third-order valence-corrected chi connectivity index (χ3v) is 4.47. The Hall–Kier alpha value is -0.600. The van der Waals surface area contributed by atoms with Gasteiger partial charge < -0.3 is 5.32 Å². The van der Waals surface area contributed by atoms with Gasteiger partial charge in [0.2, 0.25) is 0 Å². The molecule has 0 spiro atoms. The van der Waals surface area contributed by atoms with Crippen LogP contribution < -0.4 is 5.32 Å². The normalized spacial score (nSPS) is 26.0. The molecule has 3 heteroatoms. The Balaban J connectivity index is 2.50. The van der Waals surface area contributed by atoms with Crippen molar-refractivity contribution in [2.24, 2.45) is 5.41 Å². The van der Waals surface area contributed by atoms with Gasteiger partial charge in [0.15, 0.2) is 0 Å². The molecule has 1 fully saturated rings. The van der Waals surface area contributed by atoms with Gasteiger partial charge >= 0.3 is 0 Å². The Morgan fingerprint density at radius 2 is 2.00 bits per heavy atom. The van der Waals surface area contributed by atoms with Gasteiger partial charge in [-0.3, -0.25) is 0 Å². The largest absolute Gasteiger partial charge is 0.319 e. The summed E-state index contributed by atoms with van der Waals surface area (Å²) in [5.41, 5.74) is 1.72. The van der Waals surface area contributed by atoms with E-state index in [9.17, 15) is 4.39 Å². The number of rotatable bonds is 3. The van der Waals surface area contributed by atoms with Gasteiger partial charge in [-0.15, -0.1) is 0 Å². The second-order valence-corrected chi connectivity index (χ2v) is 6.16. The molecule has 0 radical (unpaired) electrons. The predicted molar refractivity (Wildman–Crippen MR) is 70.1 cm³/mol. The molecule has 1 unspecified atom stereocenters. The van der Waals surface area contributed by atoms with Gasteiger partial charge in [-0.05, 0) is 49.1 Å². The fourth-order valence-corrected chi connectivity index (χ4v) is 3.28. The maximum Gasteiger partial charge on any atom is 0.126 e. The molecule has 1 N–H and O–H groups in total. The molecule has 1 aromatic rings. The molecule has 1 atom stereocenters. The fourth-order valence-electron chi connectivity index (χ4n) is 2.88. The summed E-state index contributed by atoms with van der Waals surface area (Å²) in [5, 5.41) is 3.89. The van der Waals surface area contributed by atoms with E-state index in [0.717, 1.165) is 18.5 Å².